The van der Waals surface area contributed by atoms with Crippen LogP contribution in [0.15, 0.2) is 47.4 Å². The van der Waals surface area contributed by atoms with Gasteiger partial charge in [0.1, 0.15) is 5.75 Å². The molecule has 0 aromatic heterocycles. The van der Waals surface area contributed by atoms with Gasteiger partial charge in [-0.05, 0) is 48.4 Å². The van der Waals surface area contributed by atoms with E-state index in [1.165, 1.54) is 25.2 Å². The minimum Gasteiger partial charge on any atom is -0.497 e. The molecule has 2 aromatic rings. The number of sulfonamides is 1. The van der Waals surface area contributed by atoms with Gasteiger partial charge in [-0.3, -0.25) is 9.10 Å². The zero-order chi connectivity index (χ0) is 21.6. The zero-order valence-corrected chi connectivity index (χ0v) is 18.7. The van der Waals surface area contributed by atoms with E-state index in [0.29, 0.717) is 23.9 Å². The Labute approximate surface area is 177 Å². The lowest BCUT2D eigenvalue weighted by Gasteiger charge is -2.20. The van der Waals surface area contributed by atoms with Gasteiger partial charge in [0, 0.05) is 13.6 Å². The van der Waals surface area contributed by atoms with Crippen LogP contribution in [-0.4, -0.2) is 35.0 Å². The molecule has 2 rings (SSSR count). The average Bonchev–Trinajstić information content (AvgIpc) is 2.73. The van der Waals surface area contributed by atoms with Crippen molar-refractivity contribution in [3.05, 3.63) is 53.1 Å². The fourth-order valence-electron chi connectivity index (χ4n) is 2.84. The van der Waals surface area contributed by atoms with Crippen LogP contribution >= 0.6 is 11.6 Å². The number of carbonyl (C=O) groups excluding carboxylic acids is 1. The van der Waals surface area contributed by atoms with Gasteiger partial charge < -0.3 is 10.1 Å². The number of ether oxygens (including phenoxy) is 1. The highest BCUT2D eigenvalue weighted by Crippen LogP contribution is 2.27. The molecular formula is C21H27ClN2O4S. The summed E-state index contributed by atoms with van der Waals surface area (Å²) in [5.74, 6) is 0.611. The molecule has 158 valence electrons. The fourth-order valence-corrected chi connectivity index (χ4v) is 4.26. The number of benzene rings is 2. The lowest BCUT2D eigenvalue weighted by molar-refractivity contribution is 0.0946. The molecular weight excluding hydrogens is 412 g/mol. The van der Waals surface area contributed by atoms with Gasteiger partial charge in [-0.15, -0.1) is 0 Å². The Morgan fingerprint density at radius 2 is 1.76 bits per heavy atom. The smallest absolute Gasteiger partial charge is 0.264 e. The van der Waals surface area contributed by atoms with E-state index in [1.54, 1.807) is 31.4 Å². The van der Waals surface area contributed by atoms with E-state index in [1.807, 2.05) is 0 Å². The summed E-state index contributed by atoms with van der Waals surface area (Å²) in [5, 5.41) is 3.05. The first kappa shape index (κ1) is 23.0. The van der Waals surface area contributed by atoms with Gasteiger partial charge in [-0.2, -0.15) is 0 Å². The normalized spacial score (nSPS) is 11.4. The van der Waals surface area contributed by atoms with Crippen LogP contribution in [0.2, 0.25) is 5.02 Å². The van der Waals surface area contributed by atoms with E-state index in [0.717, 1.165) is 17.1 Å². The third kappa shape index (κ3) is 5.42. The lowest BCUT2D eigenvalue weighted by atomic mass is 10.0. The molecule has 1 amide bonds. The van der Waals surface area contributed by atoms with Crippen LogP contribution in [0, 0.1) is 5.92 Å². The number of amides is 1. The highest BCUT2D eigenvalue weighted by Gasteiger charge is 2.24. The molecule has 0 heterocycles. The van der Waals surface area contributed by atoms with E-state index < -0.39 is 10.0 Å². The number of hydrogen-bond acceptors (Lipinski definition) is 4. The van der Waals surface area contributed by atoms with Crippen molar-refractivity contribution >= 4 is 33.2 Å². The maximum atomic E-state index is 13.1. The van der Waals surface area contributed by atoms with E-state index in [9.17, 15) is 13.2 Å². The van der Waals surface area contributed by atoms with Gasteiger partial charge in [-0.25, -0.2) is 8.42 Å². The third-order valence-electron chi connectivity index (χ3n) is 4.98. The molecule has 0 atom stereocenters. The molecule has 2 aromatic carbocycles. The second kappa shape index (κ2) is 9.98. The predicted octanol–water partition coefficient (Wildman–Crippen LogP) is 4.34. The molecule has 0 radical (unpaired) electrons. The van der Waals surface area contributed by atoms with Crippen molar-refractivity contribution in [1.82, 2.24) is 5.32 Å². The summed E-state index contributed by atoms with van der Waals surface area (Å²) in [6.07, 6.45) is 1.90. The van der Waals surface area contributed by atoms with Crippen LogP contribution in [0.5, 0.6) is 5.75 Å². The second-order valence-corrected chi connectivity index (χ2v) is 9.08. The number of halogens is 1. The molecule has 1 N–H and O–H groups in total. The van der Waals surface area contributed by atoms with Gasteiger partial charge in [0.15, 0.2) is 0 Å². The highest BCUT2D eigenvalue weighted by atomic mass is 35.5. The standard InChI is InChI=1S/C21H27ClN2O4S/c1-5-15(6-2)14-23-21(25)19-13-18(11-12-20(19)22)29(26,27)24(3)16-7-9-17(28-4)10-8-16/h7-13,15H,5-6,14H2,1-4H3,(H,23,25). The van der Waals surface area contributed by atoms with Crippen LogP contribution in [0.3, 0.4) is 0 Å². The Morgan fingerprint density at radius 1 is 1.14 bits per heavy atom. The van der Waals surface area contributed by atoms with Crippen molar-refractivity contribution in [2.45, 2.75) is 31.6 Å². The van der Waals surface area contributed by atoms with Crippen LogP contribution in [-0.2, 0) is 10.0 Å². The SMILES string of the molecule is CCC(CC)CNC(=O)c1cc(S(=O)(=O)N(C)c2ccc(OC)cc2)ccc1Cl. The molecule has 0 saturated carbocycles. The van der Waals surface area contributed by atoms with E-state index in [4.69, 9.17) is 16.3 Å². The topological polar surface area (TPSA) is 75.7 Å². The molecule has 0 fully saturated rings. The Bertz CT molecular complexity index is 942. The molecule has 0 aliphatic heterocycles. The summed E-state index contributed by atoms with van der Waals surface area (Å²) in [6.45, 7) is 4.65. The summed E-state index contributed by atoms with van der Waals surface area (Å²) >= 11 is 6.17. The van der Waals surface area contributed by atoms with E-state index in [2.05, 4.69) is 19.2 Å². The second-order valence-electron chi connectivity index (χ2n) is 6.70. The molecule has 0 aliphatic rings. The number of nitrogens with zero attached hydrogens (tertiary/aromatic N) is 1. The van der Waals surface area contributed by atoms with Crippen LogP contribution in [0.25, 0.3) is 0 Å². The molecule has 29 heavy (non-hydrogen) atoms. The first-order valence-electron chi connectivity index (χ1n) is 9.45. The number of methoxy groups -OCH3 is 1. The summed E-state index contributed by atoms with van der Waals surface area (Å²) in [7, 11) is -0.874. The summed E-state index contributed by atoms with van der Waals surface area (Å²) in [4.78, 5) is 12.6. The Balaban J connectivity index is 2.29. The van der Waals surface area contributed by atoms with Gasteiger partial charge in [0.2, 0.25) is 0 Å². The van der Waals surface area contributed by atoms with Gasteiger partial charge in [0.05, 0.1) is 28.3 Å². The number of rotatable bonds is 9. The number of nitrogens with one attached hydrogen (secondary N) is 1. The average molecular weight is 439 g/mol. The largest absolute Gasteiger partial charge is 0.497 e. The molecule has 6 nitrogen and oxygen atoms in total. The van der Waals surface area contributed by atoms with Crippen molar-refractivity contribution in [1.29, 1.82) is 0 Å². The van der Waals surface area contributed by atoms with Gasteiger partial charge in [0.25, 0.3) is 15.9 Å². The van der Waals surface area contributed by atoms with Gasteiger partial charge in [-0.1, -0.05) is 38.3 Å². The quantitative estimate of drug-likeness (QED) is 0.631. The molecule has 0 spiro atoms. The highest BCUT2D eigenvalue weighted by molar-refractivity contribution is 7.92. The maximum Gasteiger partial charge on any atom is 0.264 e. The van der Waals surface area contributed by atoms with Crippen LogP contribution in [0.1, 0.15) is 37.0 Å². The molecule has 0 saturated heterocycles. The van der Waals surface area contributed by atoms with Crippen molar-refractivity contribution in [3.63, 3.8) is 0 Å². The maximum absolute atomic E-state index is 13.1. The number of hydrogen-bond donors (Lipinski definition) is 1. The Hall–Kier alpha value is -2.25. The van der Waals surface area contributed by atoms with Crippen molar-refractivity contribution < 1.29 is 17.9 Å². The minimum absolute atomic E-state index is 0.00657. The molecule has 0 aliphatic carbocycles. The number of carbonyl (C=O) groups is 1. The first-order chi connectivity index (χ1) is 13.7. The van der Waals surface area contributed by atoms with Gasteiger partial charge >= 0.3 is 0 Å². The summed E-state index contributed by atoms with van der Waals surface area (Å²) < 4.78 is 32.4. The van der Waals surface area contributed by atoms with Crippen molar-refractivity contribution in [2.75, 3.05) is 25.0 Å². The first-order valence-corrected chi connectivity index (χ1v) is 11.3. The fraction of sp³-hybridized carbons (Fsp3) is 0.381. The van der Waals surface area contributed by atoms with Crippen molar-refractivity contribution in [2.24, 2.45) is 5.92 Å². The number of anilines is 1. The minimum atomic E-state index is -3.87. The lowest BCUT2D eigenvalue weighted by Crippen LogP contribution is -2.30. The monoisotopic (exact) mass is 438 g/mol. The molecule has 0 bridgehead atoms. The van der Waals surface area contributed by atoms with Crippen LogP contribution in [0.4, 0.5) is 5.69 Å². The summed E-state index contributed by atoms with van der Waals surface area (Å²) in [5.41, 5.74) is 0.613. The zero-order valence-electron chi connectivity index (χ0n) is 17.1. The van der Waals surface area contributed by atoms with E-state index >= 15 is 0 Å². The van der Waals surface area contributed by atoms with Crippen LogP contribution < -0.4 is 14.4 Å². The Morgan fingerprint density at radius 3 is 2.31 bits per heavy atom. The van der Waals surface area contributed by atoms with Crippen molar-refractivity contribution in [3.8, 4) is 5.75 Å². The molecule has 8 heteroatoms. The van der Waals surface area contributed by atoms with E-state index in [-0.39, 0.29) is 21.4 Å². The molecule has 0 unspecified atom stereocenters. The Kier molecular flexibility index (Phi) is 7.93. The third-order valence-corrected chi connectivity index (χ3v) is 7.09. The predicted molar refractivity (Wildman–Crippen MR) is 116 cm³/mol. The summed E-state index contributed by atoms with van der Waals surface area (Å²) in [6, 6.07) is 10.8.